The molecule has 0 bridgehead atoms. The first-order chi connectivity index (χ1) is 9.04. The lowest BCUT2D eigenvalue weighted by Crippen LogP contribution is -2.07. The van der Waals surface area contributed by atoms with E-state index in [4.69, 9.17) is 38.2 Å². The van der Waals surface area contributed by atoms with Crippen LogP contribution >= 0.6 is 23.2 Å². The third-order valence-electron chi connectivity index (χ3n) is 2.39. The summed E-state index contributed by atoms with van der Waals surface area (Å²) in [4.78, 5) is 11.8. The predicted molar refractivity (Wildman–Crippen MR) is 72.3 cm³/mol. The van der Waals surface area contributed by atoms with Gasteiger partial charge < -0.3 is 15.0 Å². The number of halogens is 2. The Kier molecular flexibility index (Phi) is 3.97. The van der Waals surface area contributed by atoms with E-state index in [2.05, 4.69) is 5.16 Å². The fraction of sp³-hybridized carbons (Fsp3) is 0.167. The molecule has 0 spiro atoms. The Morgan fingerprint density at radius 3 is 2.79 bits per heavy atom. The number of carbonyl (C=O) groups is 1. The number of esters is 1. The molecule has 0 aliphatic rings. The Bertz CT molecular complexity index is 625. The zero-order chi connectivity index (χ0) is 14.0. The van der Waals surface area contributed by atoms with Crippen LogP contribution in [0.1, 0.15) is 17.3 Å². The Balaban J connectivity index is 2.50. The van der Waals surface area contributed by atoms with Gasteiger partial charge >= 0.3 is 5.97 Å². The normalized spacial score (nSPS) is 10.5. The third-order valence-corrected chi connectivity index (χ3v) is 3.13. The quantitative estimate of drug-likeness (QED) is 0.879. The topological polar surface area (TPSA) is 78.3 Å². The summed E-state index contributed by atoms with van der Waals surface area (Å²) in [6.07, 6.45) is 0. The Hall–Kier alpha value is -1.72. The smallest absolute Gasteiger partial charge is 0.346 e. The molecule has 100 valence electrons. The summed E-state index contributed by atoms with van der Waals surface area (Å²) >= 11 is 11.8. The van der Waals surface area contributed by atoms with Gasteiger partial charge in [-0.05, 0) is 19.1 Å². The van der Waals surface area contributed by atoms with Crippen LogP contribution in [0.2, 0.25) is 10.0 Å². The van der Waals surface area contributed by atoms with E-state index in [1.165, 1.54) is 0 Å². The number of hydrogen-bond acceptors (Lipinski definition) is 5. The molecule has 5 nitrogen and oxygen atoms in total. The summed E-state index contributed by atoms with van der Waals surface area (Å²) in [6, 6.07) is 4.83. The average molecular weight is 301 g/mol. The summed E-state index contributed by atoms with van der Waals surface area (Å²) in [5, 5.41) is 4.50. The Morgan fingerprint density at radius 2 is 2.16 bits per heavy atom. The van der Waals surface area contributed by atoms with Gasteiger partial charge in [0.2, 0.25) is 5.88 Å². The SMILES string of the molecule is CCOC(=O)c1c(-c2ccc(Cl)c(Cl)c2)noc1N. The molecule has 0 fully saturated rings. The first kappa shape index (κ1) is 13.7. The largest absolute Gasteiger partial charge is 0.462 e. The van der Waals surface area contributed by atoms with Gasteiger partial charge in [-0.1, -0.05) is 34.4 Å². The van der Waals surface area contributed by atoms with Crippen molar-refractivity contribution < 1.29 is 14.1 Å². The fourth-order valence-corrected chi connectivity index (χ4v) is 1.84. The van der Waals surface area contributed by atoms with E-state index < -0.39 is 5.97 Å². The molecule has 0 saturated heterocycles. The van der Waals surface area contributed by atoms with Gasteiger partial charge in [0.25, 0.3) is 0 Å². The van der Waals surface area contributed by atoms with E-state index in [0.29, 0.717) is 15.6 Å². The van der Waals surface area contributed by atoms with Crippen molar-refractivity contribution in [2.24, 2.45) is 0 Å². The van der Waals surface area contributed by atoms with Gasteiger partial charge in [-0.2, -0.15) is 0 Å². The Labute approximate surface area is 119 Å². The monoisotopic (exact) mass is 300 g/mol. The van der Waals surface area contributed by atoms with Crippen LogP contribution in [0.3, 0.4) is 0 Å². The lowest BCUT2D eigenvalue weighted by atomic mass is 10.1. The molecular weight excluding hydrogens is 291 g/mol. The number of rotatable bonds is 3. The number of nitrogens with two attached hydrogens (primary N) is 1. The van der Waals surface area contributed by atoms with Gasteiger partial charge in [0.05, 0.1) is 16.7 Å². The van der Waals surface area contributed by atoms with Gasteiger partial charge in [-0.3, -0.25) is 0 Å². The highest BCUT2D eigenvalue weighted by molar-refractivity contribution is 6.42. The molecule has 7 heteroatoms. The van der Waals surface area contributed by atoms with Crippen molar-refractivity contribution in [3.05, 3.63) is 33.8 Å². The molecule has 2 rings (SSSR count). The second-order valence-corrected chi connectivity index (χ2v) is 4.43. The molecular formula is C12H10Cl2N2O3. The molecule has 2 aromatic rings. The molecule has 0 amide bonds. The molecule has 19 heavy (non-hydrogen) atoms. The fourth-order valence-electron chi connectivity index (χ4n) is 1.54. The number of nitrogen functional groups attached to an aromatic ring is 1. The molecule has 0 atom stereocenters. The molecule has 0 aliphatic carbocycles. The van der Waals surface area contributed by atoms with Gasteiger partial charge in [0.1, 0.15) is 5.69 Å². The summed E-state index contributed by atoms with van der Waals surface area (Å²) in [7, 11) is 0. The maximum absolute atomic E-state index is 11.8. The van der Waals surface area contributed by atoms with Crippen LogP contribution in [0.25, 0.3) is 11.3 Å². The number of ether oxygens (including phenoxy) is 1. The standard InChI is InChI=1S/C12H10Cl2N2O3/c1-2-18-12(17)9-10(16-19-11(9)15)6-3-4-7(13)8(14)5-6/h3-5H,2,15H2,1H3. The molecule has 0 aliphatic heterocycles. The van der Waals surface area contributed by atoms with Crippen LogP contribution < -0.4 is 5.73 Å². The second-order valence-electron chi connectivity index (χ2n) is 3.62. The van der Waals surface area contributed by atoms with Gasteiger partial charge in [-0.25, -0.2) is 4.79 Å². The number of carbonyl (C=O) groups excluding carboxylic acids is 1. The molecule has 2 N–H and O–H groups in total. The van der Waals surface area contributed by atoms with Gasteiger partial charge in [0.15, 0.2) is 5.56 Å². The lowest BCUT2D eigenvalue weighted by molar-refractivity contribution is 0.0528. The molecule has 1 heterocycles. The van der Waals surface area contributed by atoms with Crippen molar-refractivity contribution in [3.8, 4) is 11.3 Å². The summed E-state index contributed by atoms with van der Waals surface area (Å²) in [5.41, 5.74) is 6.51. The second kappa shape index (κ2) is 5.50. The van der Waals surface area contributed by atoms with Gasteiger partial charge in [-0.15, -0.1) is 0 Å². The minimum atomic E-state index is -0.595. The minimum absolute atomic E-state index is 0.0836. The van der Waals surface area contributed by atoms with E-state index in [0.717, 1.165) is 0 Å². The van der Waals surface area contributed by atoms with E-state index in [1.807, 2.05) is 0 Å². The lowest BCUT2D eigenvalue weighted by Gasteiger charge is -2.03. The number of anilines is 1. The first-order valence-electron chi connectivity index (χ1n) is 5.42. The number of benzene rings is 1. The summed E-state index contributed by atoms with van der Waals surface area (Å²) < 4.78 is 9.74. The number of nitrogens with zero attached hydrogens (tertiary/aromatic N) is 1. The number of aromatic nitrogens is 1. The van der Waals surface area contributed by atoms with Crippen molar-refractivity contribution >= 4 is 35.1 Å². The van der Waals surface area contributed by atoms with Crippen molar-refractivity contribution in [1.82, 2.24) is 5.16 Å². The maximum Gasteiger partial charge on any atom is 0.346 e. The van der Waals surface area contributed by atoms with E-state index in [9.17, 15) is 4.79 Å². The average Bonchev–Trinajstić information content (AvgIpc) is 2.75. The van der Waals surface area contributed by atoms with Crippen molar-refractivity contribution in [3.63, 3.8) is 0 Å². The Morgan fingerprint density at radius 1 is 1.42 bits per heavy atom. The van der Waals surface area contributed by atoms with Crippen LogP contribution in [0.4, 0.5) is 5.88 Å². The van der Waals surface area contributed by atoms with Crippen LogP contribution in [0, 0.1) is 0 Å². The van der Waals surface area contributed by atoms with Crippen LogP contribution in [-0.2, 0) is 4.74 Å². The minimum Gasteiger partial charge on any atom is -0.462 e. The molecule has 0 saturated carbocycles. The van der Waals surface area contributed by atoms with Crippen LogP contribution in [0.5, 0.6) is 0 Å². The first-order valence-corrected chi connectivity index (χ1v) is 6.17. The van der Waals surface area contributed by atoms with E-state index in [1.54, 1.807) is 25.1 Å². The van der Waals surface area contributed by atoms with Crippen molar-refractivity contribution in [2.45, 2.75) is 6.92 Å². The van der Waals surface area contributed by atoms with Crippen molar-refractivity contribution in [2.75, 3.05) is 12.3 Å². The maximum atomic E-state index is 11.8. The summed E-state index contributed by atoms with van der Waals surface area (Å²) in [6.45, 7) is 1.92. The highest BCUT2D eigenvalue weighted by Gasteiger charge is 2.23. The molecule has 0 radical (unpaired) electrons. The highest BCUT2D eigenvalue weighted by Crippen LogP contribution is 2.32. The molecule has 1 aromatic heterocycles. The van der Waals surface area contributed by atoms with Crippen LogP contribution in [0.15, 0.2) is 22.7 Å². The van der Waals surface area contributed by atoms with E-state index >= 15 is 0 Å². The van der Waals surface area contributed by atoms with Crippen molar-refractivity contribution in [1.29, 1.82) is 0 Å². The predicted octanol–water partition coefficient (Wildman–Crippen LogP) is 3.41. The highest BCUT2D eigenvalue weighted by atomic mass is 35.5. The van der Waals surface area contributed by atoms with Crippen LogP contribution in [-0.4, -0.2) is 17.7 Å². The zero-order valence-corrected chi connectivity index (χ0v) is 11.5. The van der Waals surface area contributed by atoms with E-state index in [-0.39, 0.29) is 23.7 Å². The van der Waals surface area contributed by atoms with Gasteiger partial charge in [0, 0.05) is 5.56 Å². The zero-order valence-electron chi connectivity index (χ0n) is 9.94. The molecule has 0 unspecified atom stereocenters. The molecule has 1 aromatic carbocycles. The third kappa shape index (κ3) is 2.67. The summed E-state index contributed by atoms with van der Waals surface area (Å²) in [5.74, 6) is -0.693. The number of hydrogen-bond donors (Lipinski definition) is 1.